The van der Waals surface area contributed by atoms with Gasteiger partial charge in [-0.15, -0.1) is 0 Å². The Morgan fingerprint density at radius 1 is 1.53 bits per heavy atom. The van der Waals surface area contributed by atoms with Crippen LogP contribution in [0.5, 0.6) is 0 Å². The Morgan fingerprint density at radius 2 is 2.42 bits per heavy atom. The van der Waals surface area contributed by atoms with Gasteiger partial charge in [-0.3, -0.25) is 0 Å². The molecule has 1 atom stereocenters. The van der Waals surface area contributed by atoms with E-state index in [0.29, 0.717) is 5.92 Å². The molecule has 0 saturated carbocycles. The molecule has 1 unspecified atom stereocenters. The fraction of sp³-hybridized carbons (Fsp3) is 0.429. The molecule has 1 N–H and O–H groups in total. The van der Waals surface area contributed by atoms with Gasteiger partial charge in [0, 0.05) is 19.1 Å². The molecule has 0 aliphatic carbocycles. The maximum absolute atomic E-state index is 10.9. The SMILES string of the molecule is O=C(O)c1ccc2c(c1)ncn2CC1CCCOC1. The Balaban J connectivity index is 1.86. The van der Waals surface area contributed by atoms with Gasteiger partial charge in [0.1, 0.15) is 0 Å². The lowest BCUT2D eigenvalue weighted by Gasteiger charge is -2.22. The predicted molar refractivity (Wildman–Crippen MR) is 70.2 cm³/mol. The number of hydrogen-bond acceptors (Lipinski definition) is 3. The molecule has 0 bridgehead atoms. The van der Waals surface area contributed by atoms with Gasteiger partial charge in [-0.1, -0.05) is 0 Å². The first-order chi connectivity index (χ1) is 9.24. The molecule has 1 saturated heterocycles. The second-order valence-electron chi connectivity index (χ2n) is 4.99. The summed E-state index contributed by atoms with van der Waals surface area (Å²) in [4.78, 5) is 15.2. The minimum atomic E-state index is -0.919. The first-order valence-corrected chi connectivity index (χ1v) is 6.50. The zero-order valence-corrected chi connectivity index (χ0v) is 10.6. The van der Waals surface area contributed by atoms with Crippen molar-refractivity contribution < 1.29 is 14.6 Å². The summed E-state index contributed by atoms with van der Waals surface area (Å²) in [5.41, 5.74) is 1.99. The molecule has 0 spiro atoms. The molecule has 5 heteroatoms. The Morgan fingerprint density at radius 3 is 3.16 bits per heavy atom. The van der Waals surface area contributed by atoms with Crippen molar-refractivity contribution in [2.24, 2.45) is 5.92 Å². The van der Waals surface area contributed by atoms with E-state index >= 15 is 0 Å². The summed E-state index contributed by atoms with van der Waals surface area (Å²) in [6, 6.07) is 5.07. The van der Waals surface area contributed by atoms with Gasteiger partial charge in [0.25, 0.3) is 0 Å². The van der Waals surface area contributed by atoms with E-state index in [1.807, 2.05) is 6.07 Å². The Labute approximate surface area is 110 Å². The molecule has 2 heterocycles. The highest BCUT2D eigenvalue weighted by Crippen LogP contribution is 2.20. The van der Waals surface area contributed by atoms with Crippen LogP contribution in [-0.4, -0.2) is 33.8 Å². The Kier molecular flexibility index (Phi) is 3.21. The van der Waals surface area contributed by atoms with Crippen LogP contribution in [0.3, 0.4) is 0 Å². The second-order valence-corrected chi connectivity index (χ2v) is 4.99. The van der Waals surface area contributed by atoms with Gasteiger partial charge in [-0.25, -0.2) is 9.78 Å². The average Bonchev–Trinajstić information content (AvgIpc) is 2.82. The zero-order valence-electron chi connectivity index (χ0n) is 10.6. The smallest absolute Gasteiger partial charge is 0.335 e. The van der Waals surface area contributed by atoms with E-state index in [9.17, 15) is 4.79 Å². The van der Waals surface area contributed by atoms with Crippen LogP contribution in [0, 0.1) is 5.92 Å². The number of aromatic carboxylic acids is 1. The highest BCUT2D eigenvalue weighted by molar-refractivity contribution is 5.92. The summed E-state index contributed by atoms with van der Waals surface area (Å²) >= 11 is 0. The number of imidazole rings is 1. The highest BCUT2D eigenvalue weighted by Gasteiger charge is 2.16. The molecule has 1 aromatic heterocycles. The quantitative estimate of drug-likeness (QED) is 0.918. The lowest BCUT2D eigenvalue weighted by atomic mass is 10.0. The third-order valence-electron chi connectivity index (χ3n) is 3.58. The third-order valence-corrected chi connectivity index (χ3v) is 3.58. The molecule has 1 fully saturated rings. The molecule has 0 radical (unpaired) electrons. The van der Waals surface area contributed by atoms with Crippen molar-refractivity contribution in [1.29, 1.82) is 0 Å². The molecule has 5 nitrogen and oxygen atoms in total. The standard InChI is InChI=1S/C14H16N2O3/c17-14(18)11-3-4-13-12(6-11)15-9-16(13)7-10-2-1-5-19-8-10/h3-4,6,9-10H,1-2,5,7-8H2,(H,17,18). The van der Waals surface area contributed by atoms with Crippen molar-refractivity contribution in [3.8, 4) is 0 Å². The summed E-state index contributed by atoms with van der Waals surface area (Å²) < 4.78 is 7.57. The van der Waals surface area contributed by atoms with E-state index < -0.39 is 5.97 Å². The first-order valence-electron chi connectivity index (χ1n) is 6.50. The number of carboxylic acids is 1. The van der Waals surface area contributed by atoms with Crippen LogP contribution < -0.4 is 0 Å². The summed E-state index contributed by atoms with van der Waals surface area (Å²) in [5, 5.41) is 8.96. The average molecular weight is 260 g/mol. The van der Waals surface area contributed by atoms with Gasteiger partial charge in [0.15, 0.2) is 0 Å². The van der Waals surface area contributed by atoms with E-state index in [4.69, 9.17) is 9.84 Å². The molecular formula is C14H16N2O3. The number of nitrogens with zero attached hydrogens (tertiary/aromatic N) is 2. The van der Waals surface area contributed by atoms with E-state index in [0.717, 1.165) is 37.2 Å². The zero-order chi connectivity index (χ0) is 13.2. The van der Waals surface area contributed by atoms with Crippen molar-refractivity contribution in [3.63, 3.8) is 0 Å². The van der Waals surface area contributed by atoms with Crippen LogP contribution in [0.2, 0.25) is 0 Å². The van der Waals surface area contributed by atoms with Crippen molar-refractivity contribution in [2.45, 2.75) is 19.4 Å². The maximum atomic E-state index is 10.9. The molecular weight excluding hydrogens is 244 g/mol. The largest absolute Gasteiger partial charge is 0.478 e. The molecule has 2 aromatic rings. The predicted octanol–water partition coefficient (Wildman–Crippen LogP) is 2.16. The van der Waals surface area contributed by atoms with Crippen molar-refractivity contribution in [2.75, 3.05) is 13.2 Å². The first kappa shape index (κ1) is 12.2. The van der Waals surface area contributed by atoms with Crippen LogP contribution >= 0.6 is 0 Å². The lowest BCUT2D eigenvalue weighted by Crippen LogP contribution is -2.21. The number of benzene rings is 1. The molecule has 100 valence electrons. The molecule has 3 rings (SSSR count). The number of hydrogen-bond donors (Lipinski definition) is 1. The Hall–Kier alpha value is -1.88. The van der Waals surface area contributed by atoms with Crippen LogP contribution in [0.4, 0.5) is 0 Å². The highest BCUT2D eigenvalue weighted by atomic mass is 16.5. The fourth-order valence-corrected chi connectivity index (χ4v) is 2.57. The van der Waals surface area contributed by atoms with E-state index in [-0.39, 0.29) is 5.56 Å². The second kappa shape index (κ2) is 5.01. The third kappa shape index (κ3) is 2.46. The number of carbonyl (C=O) groups is 1. The van der Waals surface area contributed by atoms with Gasteiger partial charge >= 0.3 is 5.97 Å². The lowest BCUT2D eigenvalue weighted by molar-refractivity contribution is 0.0488. The van der Waals surface area contributed by atoms with Crippen molar-refractivity contribution in [3.05, 3.63) is 30.1 Å². The van der Waals surface area contributed by atoms with Crippen molar-refractivity contribution in [1.82, 2.24) is 9.55 Å². The molecule has 1 aliphatic heterocycles. The maximum Gasteiger partial charge on any atom is 0.335 e. The summed E-state index contributed by atoms with van der Waals surface area (Å²) in [5.74, 6) is -0.401. The number of fused-ring (bicyclic) bond motifs is 1. The monoisotopic (exact) mass is 260 g/mol. The summed E-state index contributed by atoms with van der Waals surface area (Å²) in [7, 11) is 0. The number of carboxylic acid groups (broad SMARTS) is 1. The van der Waals surface area contributed by atoms with E-state index in [2.05, 4.69) is 9.55 Å². The van der Waals surface area contributed by atoms with Crippen LogP contribution in [-0.2, 0) is 11.3 Å². The van der Waals surface area contributed by atoms with Gasteiger partial charge < -0.3 is 14.4 Å². The molecule has 1 aromatic carbocycles. The minimum Gasteiger partial charge on any atom is -0.478 e. The topological polar surface area (TPSA) is 64.3 Å². The van der Waals surface area contributed by atoms with Gasteiger partial charge in [-0.2, -0.15) is 0 Å². The normalized spacial score (nSPS) is 19.7. The van der Waals surface area contributed by atoms with Gasteiger partial charge in [0.05, 0.1) is 29.5 Å². The molecule has 19 heavy (non-hydrogen) atoms. The van der Waals surface area contributed by atoms with Crippen LogP contribution in [0.1, 0.15) is 23.2 Å². The van der Waals surface area contributed by atoms with Gasteiger partial charge in [-0.05, 0) is 31.0 Å². The number of aromatic nitrogens is 2. The van der Waals surface area contributed by atoms with Crippen LogP contribution in [0.25, 0.3) is 11.0 Å². The number of ether oxygens (including phenoxy) is 1. The fourth-order valence-electron chi connectivity index (χ4n) is 2.57. The number of rotatable bonds is 3. The van der Waals surface area contributed by atoms with Crippen LogP contribution in [0.15, 0.2) is 24.5 Å². The molecule has 0 amide bonds. The van der Waals surface area contributed by atoms with Gasteiger partial charge in [0.2, 0.25) is 0 Å². The van der Waals surface area contributed by atoms with Crippen molar-refractivity contribution >= 4 is 17.0 Å². The molecule has 1 aliphatic rings. The Bertz CT molecular complexity index is 600. The van der Waals surface area contributed by atoms with E-state index in [1.165, 1.54) is 6.42 Å². The van der Waals surface area contributed by atoms with E-state index in [1.54, 1.807) is 18.5 Å². The summed E-state index contributed by atoms with van der Waals surface area (Å²) in [6.07, 6.45) is 4.07. The summed E-state index contributed by atoms with van der Waals surface area (Å²) in [6.45, 7) is 2.54. The minimum absolute atomic E-state index is 0.277.